The number of benzene rings is 2. The molecule has 2 aromatic carbocycles. The van der Waals surface area contributed by atoms with Gasteiger partial charge in [0.15, 0.2) is 0 Å². The van der Waals surface area contributed by atoms with E-state index in [1.165, 1.54) is 19.2 Å². The predicted molar refractivity (Wildman–Crippen MR) is 134 cm³/mol. The molecular formula is C27H27FN4O4. The van der Waals surface area contributed by atoms with Crippen molar-refractivity contribution in [2.45, 2.75) is 6.54 Å². The van der Waals surface area contributed by atoms with Crippen molar-refractivity contribution in [3.8, 4) is 11.4 Å². The van der Waals surface area contributed by atoms with Crippen LogP contribution < -0.4 is 9.64 Å². The summed E-state index contributed by atoms with van der Waals surface area (Å²) in [6.07, 6.45) is 1.84. The fourth-order valence-corrected chi connectivity index (χ4v) is 4.74. The monoisotopic (exact) mass is 490 g/mol. The van der Waals surface area contributed by atoms with Gasteiger partial charge in [-0.25, -0.2) is 9.18 Å². The number of fused-ring (bicyclic) bond motifs is 1. The van der Waals surface area contributed by atoms with Crippen molar-refractivity contribution >= 4 is 28.6 Å². The molecule has 0 bridgehead atoms. The number of nitrogens with zero attached hydrogens (tertiary/aromatic N) is 4. The summed E-state index contributed by atoms with van der Waals surface area (Å²) >= 11 is 0. The molecule has 0 saturated carbocycles. The second kappa shape index (κ2) is 9.77. The smallest absolute Gasteiger partial charge is 0.354 e. The van der Waals surface area contributed by atoms with Crippen LogP contribution in [0, 0.1) is 5.82 Å². The Morgan fingerprint density at radius 2 is 1.64 bits per heavy atom. The van der Waals surface area contributed by atoms with Gasteiger partial charge in [0.2, 0.25) is 5.91 Å². The highest BCUT2D eigenvalue weighted by atomic mass is 19.1. The van der Waals surface area contributed by atoms with Gasteiger partial charge in [0.05, 0.1) is 30.9 Å². The van der Waals surface area contributed by atoms with Gasteiger partial charge in [0.1, 0.15) is 23.8 Å². The molecule has 0 radical (unpaired) electrons. The summed E-state index contributed by atoms with van der Waals surface area (Å²) in [5.74, 6) is -0.121. The van der Waals surface area contributed by atoms with Crippen LogP contribution in [0.5, 0.6) is 5.75 Å². The van der Waals surface area contributed by atoms with Crippen molar-refractivity contribution in [1.82, 2.24) is 14.0 Å². The van der Waals surface area contributed by atoms with Gasteiger partial charge in [-0.05, 0) is 48.5 Å². The lowest BCUT2D eigenvalue weighted by Crippen LogP contribution is -2.49. The Balaban J connectivity index is 1.37. The van der Waals surface area contributed by atoms with E-state index in [0.29, 0.717) is 31.9 Å². The Morgan fingerprint density at radius 1 is 0.917 bits per heavy atom. The number of esters is 1. The number of halogens is 1. The Hall–Kier alpha value is -4.27. The fourth-order valence-electron chi connectivity index (χ4n) is 4.74. The SMILES string of the molecule is COC(=O)c1cc2c(ccn2-c2ccc(F)cc2)n1CC(=O)N1CCN(c2ccccc2OC)CC1. The van der Waals surface area contributed by atoms with E-state index in [9.17, 15) is 14.0 Å². The van der Waals surface area contributed by atoms with Gasteiger partial charge in [0.25, 0.3) is 0 Å². The second-order valence-electron chi connectivity index (χ2n) is 8.58. The zero-order valence-corrected chi connectivity index (χ0v) is 20.2. The number of para-hydroxylation sites is 2. The lowest BCUT2D eigenvalue weighted by molar-refractivity contribution is -0.132. The number of hydrogen-bond acceptors (Lipinski definition) is 5. The number of ether oxygens (including phenoxy) is 2. The summed E-state index contributed by atoms with van der Waals surface area (Å²) in [4.78, 5) is 29.9. The molecule has 0 unspecified atom stereocenters. The zero-order chi connectivity index (χ0) is 25.2. The molecule has 1 saturated heterocycles. The van der Waals surface area contributed by atoms with E-state index in [0.717, 1.165) is 28.2 Å². The standard InChI is InChI=1S/C27H27FN4O4/c1-35-25-6-4-3-5-22(25)29-13-15-30(16-14-29)26(33)18-32-21-11-12-31(20-9-7-19(28)8-10-20)23(21)17-24(32)27(34)36-2/h3-12,17H,13-16,18H2,1-2H3. The molecule has 3 heterocycles. The molecule has 4 aromatic rings. The van der Waals surface area contributed by atoms with Crippen LogP contribution in [0.25, 0.3) is 16.7 Å². The second-order valence-corrected chi connectivity index (χ2v) is 8.58. The van der Waals surface area contributed by atoms with Crippen LogP contribution in [-0.4, -0.2) is 66.3 Å². The largest absolute Gasteiger partial charge is 0.495 e. The molecule has 0 N–H and O–H groups in total. The Labute approximate surface area is 208 Å². The summed E-state index contributed by atoms with van der Waals surface area (Å²) in [7, 11) is 2.97. The minimum atomic E-state index is -0.523. The van der Waals surface area contributed by atoms with Gasteiger partial charge in [0, 0.05) is 38.1 Å². The topological polar surface area (TPSA) is 68.9 Å². The molecule has 0 atom stereocenters. The molecule has 1 fully saturated rings. The summed E-state index contributed by atoms with van der Waals surface area (Å²) in [6.45, 7) is 2.49. The molecule has 36 heavy (non-hydrogen) atoms. The predicted octanol–water partition coefficient (Wildman–Crippen LogP) is 3.72. The zero-order valence-electron chi connectivity index (χ0n) is 20.2. The molecule has 9 heteroatoms. The number of methoxy groups -OCH3 is 2. The normalized spacial score (nSPS) is 13.8. The van der Waals surface area contributed by atoms with Crippen LogP contribution in [0.4, 0.5) is 10.1 Å². The number of carbonyl (C=O) groups is 2. The first-order valence-corrected chi connectivity index (χ1v) is 11.7. The fraction of sp³-hybridized carbons (Fsp3) is 0.259. The van der Waals surface area contributed by atoms with Crippen molar-refractivity contribution in [3.63, 3.8) is 0 Å². The van der Waals surface area contributed by atoms with Crippen molar-refractivity contribution in [2.24, 2.45) is 0 Å². The average molecular weight is 491 g/mol. The lowest BCUT2D eigenvalue weighted by Gasteiger charge is -2.36. The minimum absolute atomic E-state index is 0.00994. The Morgan fingerprint density at radius 3 is 2.33 bits per heavy atom. The van der Waals surface area contributed by atoms with Gasteiger partial charge in [-0.15, -0.1) is 0 Å². The van der Waals surface area contributed by atoms with Crippen molar-refractivity contribution < 1.29 is 23.5 Å². The van der Waals surface area contributed by atoms with E-state index in [2.05, 4.69) is 4.90 Å². The lowest BCUT2D eigenvalue weighted by atomic mass is 10.2. The van der Waals surface area contributed by atoms with Crippen LogP contribution in [0.1, 0.15) is 10.5 Å². The third-order valence-electron chi connectivity index (χ3n) is 6.61. The quantitative estimate of drug-likeness (QED) is 0.386. The van der Waals surface area contributed by atoms with Gasteiger partial charge < -0.3 is 28.4 Å². The van der Waals surface area contributed by atoms with Crippen molar-refractivity contribution in [3.05, 3.63) is 78.4 Å². The first-order valence-electron chi connectivity index (χ1n) is 11.7. The number of anilines is 1. The van der Waals surface area contributed by atoms with Gasteiger partial charge in [-0.1, -0.05) is 12.1 Å². The molecule has 186 valence electrons. The highest BCUT2D eigenvalue weighted by molar-refractivity contribution is 5.96. The third kappa shape index (κ3) is 4.28. The summed E-state index contributed by atoms with van der Waals surface area (Å²) in [6, 6.07) is 17.5. The molecule has 8 nitrogen and oxygen atoms in total. The molecule has 0 aliphatic carbocycles. The first kappa shape index (κ1) is 23.5. The van der Waals surface area contributed by atoms with E-state index in [-0.39, 0.29) is 18.3 Å². The first-order chi connectivity index (χ1) is 17.5. The van der Waals surface area contributed by atoms with Crippen LogP contribution >= 0.6 is 0 Å². The average Bonchev–Trinajstić information content (AvgIpc) is 3.49. The van der Waals surface area contributed by atoms with Crippen molar-refractivity contribution in [1.29, 1.82) is 0 Å². The van der Waals surface area contributed by atoms with Crippen LogP contribution in [0.15, 0.2) is 66.9 Å². The summed E-state index contributed by atoms with van der Waals surface area (Å²) in [5, 5.41) is 0. The Kier molecular flexibility index (Phi) is 6.37. The van der Waals surface area contributed by atoms with Gasteiger partial charge >= 0.3 is 5.97 Å². The Bertz CT molecular complexity index is 1400. The number of rotatable bonds is 6. The number of piperazine rings is 1. The molecule has 5 rings (SSSR count). The van der Waals surface area contributed by atoms with Crippen molar-refractivity contribution in [2.75, 3.05) is 45.3 Å². The minimum Gasteiger partial charge on any atom is -0.495 e. The van der Waals surface area contributed by atoms with E-state index in [1.54, 1.807) is 29.9 Å². The molecule has 1 amide bonds. The van der Waals surface area contributed by atoms with Crippen LogP contribution in [-0.2, 0) is 16.1 Å². The maximum Gasteiger partial charge on any atom is 0.354 e. The van der Waals surface area contributed by atoms with E-state index >= 15 is 0 Å². The third-order valence-corrected chi connectivity index (χ3v) is 6.61. The van der Waals surface area contributed by atoms with E-state index in [1.807, 2.05) is 46.0 Å². The molecule has 0 spiro atoms. The van der Waals surface area contributed by atoms with Crippen LogP contribution in [0.3, 0.4) is 0 Å². The number of carbonyl (C=O) groups excluding carboxylic acids is 2. The van der Waals surface area contributed by atoms with Gasteiger partial charge in [-0.3, -0.25) is 4.79 Å². The van der Waals surface area contributed by atoms with E-state index in [4.69, 9.17) is 9.47 Å². The summed E-state index contributed by atoms with van der Waals surface area (Å²) < 4.78 is 27.4. The maximum atomic E-state index is 13.4. The number of amides is 1. The molecule has 1 aliphatic rings. The highest BCUT2D eigenvalue weighted by Crippen LogP contribution is 2.29. The maximum absolute atomic E-state index is 13.4. The number of hydrogen-bond donors (Lipinski definition) is 0. The molecule has 2 aromatic heterocycles. The number of aromatic nitrogens is 2. The van der Waals surface area contributed by atoms with Gasteiger partial charge in [-0.2, -0.15) is 0 Å². The molecule has 1 aliphatic heterocycles. The van der Waals surface area contributed by atoms with E-state index < -0.39 is 5.97 Å². The highest BCUT2D eigenvalue weighted by Gasteiger charge is 2.26. The molecular weight excluding hydrogens is 463 g/mol. The van der Waals surface area contributed by atoms with Crippen LogP contribution in [0.2, 0.25) is 0 Å². The summed E-state index contributed by atoms with van der Waals surface area (Å²) in [5.41, 5.74) is 3.50.